The maximum atomic E-state index is 7.44. The molecule has 0 spiro atoms. The Labute approximate surface area is 30.9 Å². The normalized spacial score (nSPS) is 7.40. The van der Waals surface area contributed by atoms with Crippen LogP contribution in [0.1, 0.15) is 6.92 Å². The first-order valence-electron chi connectivity index (χ1n) is 1.04. The molecule has 0 heterocycles. The molecule has 0 aromatic rings. The summed E-state index contributed by atoms with van der Waals surface area (Å²) in [6.45, 7) is 1.64. The van der Waals surface area contributed by atoms with Gasteiger partial charge in [-0.1, -0.05) is 0 Å². The smallest absolute Gasteiger partial charge is 0.0404 e. The van der Waals surface area contributed by atoms with Crippen molar-refractivity contribution >= 4 is 6.21 Å². The molecule has 5 heavy (non-hydrogen) atoms. The minimum absolute atomic E-state index is 0. The SMILES string of the molecule is CC=NO.N. The van der Waals surface area contributed by atoms with Crippen molar-refractivity contribution in [2.24, 2.45) is 5.16 Å². The van der Waals surface area contributed by atoms with E-state index in [1.807, 2.05) is 0 Å². The van der Waals surface area contributed by atoms with Gasteiger partial charge in [0.05, 0.1) is 0 Å². The zero-order valence-electron chi connectivity index (χ0n) is 3.18. The van der Waals surface area contributed by atoms with Gasteiger partial charge in [0.25, 0.3) is 0 Å². The van der Waals surface area contributed by atoms with Gasteiger partial charge < -0.3 is 11.4 Å². The Balaban J connectivity index is 0. The summed E-state index contributed by atoms with van der Waals surface area (Å²) in [5.41, 5.74) is 0. The van der Waals surface area contributed by atoms with Crippen LogP contribution in [0.4, 0.5) is 0 Å². The topological polar surface area (TPSA) is 67.6 Å². The van der Waals surface area contributed by atoms with Gasteiger partial charge in [-0.15, -0.1) is 5.16 Å². The lowest BCUT2D eigenvalue weighted by Crippen LogP contribution is -1.49. The Bertz CT molecular complexity index is 22.8. The molecule has 0 saturated heterocycles. The molecule has 0 atom stereocenters. The third kappa shape index (κ3) is 37.9. The molecular weight excluding hydrogens is 68.0 g/mol. The fourth-order valence-corrected chi connectivity index (χ4v) is 0. The van der Waals surface area contributed by atoms with Crippen molar-refractivity contribution in [1.29, 1.82) is 0 Å². The fraction of sp³-hybridized carbons (Fsp3) is 0.500. The Morgan fingerprint density at radius 2 is 2.00 bits per heavy atom. The van der Waals surface area contributed by atoms with Crippen LogP contribution < -0.4 is 6.15 Å². The van der Waals surface area contributed by atoms with Gasteiger partial charge in [-0.3, -0.25) is 0 Å². The van der Waals surface area contributed by atoms with E-state index in [4.69, 9.17) is 5.21 Å². The van der Waals surface area contributed by atoms with Crippen molar-refractivity contribution in [2.45, 2.75) is 6.92 Å². The van der Waals surface area contributed by atoms with Gasteiger partial charge in [0.2, 0.25) is 0 Å². The second-order valence-corrected chi connectivity index (χ2v) is 0.374. The molecule has 32 valence electrons. The van der Waals surface area contributed by atoms with Crippen molar-refractivity contribution in [1.82, 2.24) is 6.15 Å². The standard InChI is InChI=1S/C2H5NO.H3N/c1-2-3-4;/h2,4H,1H3;1H3. The lowest BCUT2D eigenvalue weighted by molar-refractivity contribution is 0.321. The summed E-state index contributed by atoms with van der Waals surface area (Å²) in [4.78, 5) is 0. The maximum Gasteiger partial charge on any atom is 0.0404 e. The quantitative estimate of drug-likeness (QED) is 0.252. The van der Waals surface area contributed by atoms with Gasteiger partial charge in [0, 0.05) is 6.21 Å². The van der Waals surface area contributed by atoms with Gasteiger partial charge in [-0.05, 0) is 6.92 Å². The van der Waals surface area contributed by atoms with Gasteiger partial charge in [0.15, 0.2) is 0 Å². The lowest BCUT2D eigenvalue weighted by atomic mass is 10.9. The van der Waals surface area contributed by atoms with Crippen LogP contribution >= 0.6 is 0 Å². The van der Waals surface area contributed by atoms with Gasteiger partial charge >= 0.3 is 0 Å². The summed E-state index contributed by atoms with van der Waals surface area (Å²) in [6, 6.07) is 0. The maximum absolute atomic E-state index is 7.44. The first-order chi connectivity index (χ1) is 1.91. The largest absolute Gasteiger partial charge is 0.411 e. The Kier molecular flexibility index (Phi) is 17.5. The minimum atomic E-state index is 0. The molecule has 0 bridgehead atoms. The average molecular weight is 76.1 g/mol. The highest BCUT2D eigenvalue weighted by molar-refractivity contribution is 5.51. The number of rotatable bonds is 0. The minimum Gasteiger partial charge on any atom is -0.411 e. The molecule has 0 fully saturated rings. The lowest BCUT2D eigenvalue weighted by Gasteiger charge is -1.54. The van der Waals surface area contributed by atoms with E-state index in [1.165, 1.54) is 6.21 Å². The highest BCUT2D eigenvalue weighted by Gasteiger charge is 1.34. The van der Waals surface area contributed by atoms with Gasteiger partial charge in [-0.2, -0.15) is 0 Å². The van der Waals surface area contributed by atoms with E-state index in [0.29, 0.717) is 0 Å². The third-order valence-electron chi connectivity index (χ3n) is 0.115. The van der Waals surface area contributed by atoms with Crippen molar-refractivity contribution in [3.05, 3.63) is 0 Å². The monoisotopic (exact) mass is 76.1 g/mol. The molecule has 0 rings (SSSR count). The van der Waals surface area contributed by atoms with E-state index in [1.54, 1.807) is 6.92 Å². The van der Waals surface area contributed by atoms with E-state index < -0.39 is 0 Å². The zero-order valence-corrected chi connectivity index (χ0v) is 3.18. The molecule has 0 aliphatic carbocycles. The molecule has 0 aromatic heterocycles. The Morgan fingerprint density at radius 3 is 2.00 bits per heavy atom. The Hall–Kier alpha value is -0.570. The molecule has 0 aliphatic rings. The third-order valence-corrected chi connectivity index (χ3v) is 0.115. The molecule has 0 aliphatic heterocycles. The van der Waals surface area contributed by atoms with E-state index in [2.05, 4.69) is 5.16 Å². The number of nitrogens with zero attached hydrogens (tertiary/aromatic N) is 1. The van der Waals surface area contributed by atoms with Crippen LogP contribution in [-0.2, 0) is 0 Å². The Morgan fingerprint density at radius 1 is 1.80 bits per heavy atom. The highest BCUT2D eigenvalue weighted by Crippen LogP contribution is 1.38. The van der Waals surface area contributed by atoms with Crippen molar-refractivity contribution < 1.29 is 5.21 Å². The van der Waals surface area contributed by atoms with Crippen LogP contribution in [0.3, 0.4) is 0 Å². The fourth-order valence-electron chi connectivity index (χ4n) is 0. The summed E-state index contributed by atoms with van der Waals surface area (Å²) in [5, 5.41) is 10.1. The second kappa shape index (κ2) is 9.90. The summed E-state index contributed by atoms with van der Waals surface area (Å²) < 4.78 is 0. The predicted molar refractivity (Wildman–Crippen MR) is 21.0 cm³/mol. The predicted octanol–water partition coefficient (Wildman–Crippen LogP) is 0.628. The van der Waals surface area contributed by atoms with Crippen LogP contribution in [0.25, 0.3) is 0 Å². The van der Waals surface area contributed by atoms with E-state index in [9.17, 15) is 0 Å². The summed E-state index contributed by atoms with van der Waals surface area (Å²) in [7, 11) is 0. The molecular formula is C2H8N2O. The van der Waals surface area contributed by atoms with Crippen molar-refractivity contribution in [3.8, 4) is 0 Å². The number of hydrogen-bond acceptors (Lipinski definition) is 3. The first kappa shape index (κ1) is 8.83. The molecule has 4 N–H and O–H groups in total. The molecule has 0 radical (unpaired) electrons. The molecule has 3 nitrogen and oxygen atoms in total. The highest BCUT2D eigenvalue weighted by atomic mass is 16.4. The van der Waals surface area contributed by atoms with E-state index in [0.717, 1.165) is 0 Å². The van der Waals surface area contributed by atoms with Gasteiger partial charge in [0.1, 0.15) is 0 Å². The summed E-state index contributed by atoms with van der Waals surface area (Å²) in [6.07, 6.45) is 1.31. The average Bonchev–Trinajstić information content (AvgIpc) is 1.37. The summed E-state index contributed by atoms with van der Waals surface area (Å²) >= 11 is 0. The molecule has 3 heteroatoms. The molecule has 0 unspecified atom stereocenters. The molecule has 0 aromatic carbocycles. The van der Waals surface area contributed by atoms with Crippen LogP contribution in [0, 0.1) is 0 Å². The number of hydrogen-bond donors (Lipinski definition) is 2. The summed E-state index contributed by atoms with van der Waals surface area (Å²) in [5.74, 6) is 0. The first-order valence-corrected chi connectivity index (χ1v) is 1.04. The van der Waals surface area contributed by atoms with E-state index >= 15 is 0 Å². The second-order valence-electron chi connectivity index (χ2n) is 0.374. The molecule has 0 amide bonds. The zero-order chi connectivity index (χ0) is 3.41. The van der Waals surface area contributed by atoms with Crippen LogP contribution in [0.2, 0.25) is 0 Å². The number of oxime groups is 1. The van der Waals surface area contributed by atoms with Gasteiger partial charge in [-0.25, -0.2) is 0 Å². The molecule has 0 saturated carbocycles. The van der Waals surface area contributed by atoms with Crippen LogP contribution in [0.15, 0.2) is 5.16 Å². The van der Waals surface area contributed by atoms with Crippen molar-refractivity contribution in [3.63, 3.8) is 0 Å². The van der Waals surface area contributed by atoms with E-state index in [-0.39, 0.29) is 6.15 Å². The van der Waals surface area contributed by atoms with Crippen molar-refractivity contribution in [2.75, 3.05) is 0 Å². The van der Waals surface area contributed by atoms with Crippen LogP contribution in [-0.4, -0.2) is 11.4 Å². The van der Waals surface area contributed by atoms with Crippen LogP contribution in [0.5, 0.6) is 0 Å².